The largest absolute Gasteiger partial charge is 0.280 e. The van der Waals surface area contributed by atoms with E-state index in [-0.39, 0.29) is 10.2 Å². The van der Waals surface area contributed by atoms with E-state index in [1.54, 1.807) is 30.3 Å². The quantitative estimate of drug-likeness (QED) is 0.844. The molecule has 0 radical (unpaired) electrons. The predicted octanol–water partition coefficient (Wildman–Crippen LogP) is 3.67. The highest BCUT2D eigenvalue weighted by Crippen LogP contribution is 2.25. The Morgan fingerprint density at radius 1 is 1.00 bits per heavy atom. The molecule has 0 unspecified atom stereocenters. The molecule has 2 aromatic carbocycles. The van der Waals surface area contributed by atoms with Crippen LogP contribution in [0.3, 0.4) is 0 Å². The second-order valence-corrected chi connectivity index (χ2v) is 6.65. The van der Waals surface area contributed by atoms with Gasteiger partial charge in [-0.1, -0.05) is 30.3 Å². The molecule has 20 heavy (non-hydrogen) atoms. The van der Waals surface area contributed by atoms with Gasteiger partial charge in [-0.25, -0.2) is 17.2 Å². The monoisotopic (exact) mass is 361 g/mol. The van der Waals surface area contributed by atoms with Crippen molar-refractivity contribution in [1.29, 1.82) is 0 Å². The lowest BCUT2D eigenvalue weighted by molar-refractivity contribution is 0.507. The van der Waals surface area contributed by atoms with Crippen molar-refractivity contribution < 1.29 is 17.2 Å². The van der Waals surface area contributed by atoms with E-state index in [0.717, 1.165) is 6.07 Å². The van der Waals surface area contributed by atoms with Crippen LogP contribution in [0.1, 0.15) is 5.56 Å². The highest BCUT2D eigenvalue weighted by molar-refractivity contribution is 9.10. The van der Waals surface area contributed by atoms with E-state index in [2.05, 4.69) is 15.9 Å². The van der Waals surface area contributed by atoms with Crippen LogP contribution in [-0.4, -0.2) is 8.42 Å². The van der Waals surface area contributed by atoms with E-state index >= 15 is 0 Å². The molecule has 3 nitrogen and oxygen atoms in total. The van der Waals surface area contributed by atoms with Gasteiger partial charge in [-0.15, -0.1) is 0 Å². The Bertz CT molecular complexity index is 721. The average Bonchev–Trinajstić information content (AvgIpc) is 2.40. The van der Waals surface area contributed by atoms with Gasteiger partial charge in [0.25, 0.3) is 0 Å². The number of rotatable bonds is 4. The molecule has 0 amide bonds. The van der Waals surface area contributed by atoms with Gasteiger partial charge >= 0.3 is 0 Å². The second-order valence-electron chi connectivity index (χ2n) is 4.07. The number of sulfonamides is 1. The molecule has 0 atom stereocenters. The molecule has 0 heterocycles. The van der Waals surface area contributed by atoms with Gasteiger partial charge in [0, 0.05) is 0 Å². The average molecular weight is 362 g/mol. The highest BCUT2D eigenvalue weighted by atomic mass is 79.9. The summed E-state index contributed by atoms with van der Waals surface area (Å²) in [6.07, 6.45) is 0. The molecule has 1 N–H and O–H groups in total. The molecule has 0 aromatic heterocycles. The van der Waals surface area contributed by atoms with Gasteiger partial charge in [-0.2, -0.15) is 0 Å². The standard InChI is InChI=1S/C13H10BrF2NO2S/c14-10-6-7-11(13(16)12(10)15)17-20(18,19)8-9-4-2-1-3-5-9/h1-7,17H,8H2. The lowest BCUT2D eigenvalue weighted by Gasteiger charge is -2.10. The van der Waals surface area contributed by atoms with Crippen molar-refractivity contribution in [3.63, 3.8) is 0 Å². The minimum Gasteiger partial charge on any atom is -0.280 e. The maximum Gasteiger partial charge on any atom is 0.237 e. The molecule has 0 spiro atoms. The number of benzene rings is 2. The zero-order valence-electron chi connectivity index (χ0n) is 10.1. The van der Waals surface area contributed by atoms with Crippen molar-refractivity contribution >= 4 is 31.6 Å². The molecule has 0 saturated carbocycles. The number of anilines is 1. The third kappa shape index (κ3) is 3.55. The smallest absolute Gasteiger partial charge is 0.237 e. The van der Waals surface area contributed by atoms with Crippen molar-refractivity contribution in [3.05, 3.63) is 64.1 Å². The summed E-state index contributed by atoms with van der Waals surface area (Å²) in [5.74, 6) is -2.69. The highest BCUT2D eigenvalue weighted by Gasteiger charge is 2.17. The lowest BCUT2D eigenvalue weighted by atomic mass is 10.2. The molecule has 0 aliphatic carbocycles. The fourth-order valence-electron chi connectivity index (χ4n) is 1.60. The van der Waals surface area contributed by atoms with Crippen molar-refractivity contribution in [2.45, 2.75) is 5.75 Å². The minimum absolute atomic E-state index is 0.0685. The zero-order valence-corrected chi connectivity index (χ0v) is 12.5. The Kier molecular flexibility index (Phi) is 4.39. The number of hydrogen-bond acceptors (Lipinski definition) is 2. The van der Waals surface area contributed by atoms with Crippen molar-refractivity contribution in [3.8, 4) is 0 Å². The van der Waals surface area contributed by atoms with Gasteiger partial charge in [0.05, 0.1) is 15.9 Å². The van der Waals surface area contributed by atoms with E-state index in [0.29, 0.717) is 5.56 Å². The molecule has 0 aliphatic rings. The summed E-state index contributed by atoms with van der Waals surface area (Å²) in [6.45, 7) is 0. The summed E-state index contributed by atoms with van der Waals surface area (Å²) in [4.78, 5) is 0. The van der Waals surface area contributed by atoms with Crippen molar-refractivity contribution in [2.75, 3.05) is 4.72 Å². The Hall–Kier alpha value is -1.47. The van der Waals surface area contributed by atoms with Gasteiger partial charge in [0.15, 0.2) is 11.6 Å². The van der Waals surface area contributed by atoms with Crippen LogP contribution < -0.4 is 4.72 Å². The van der Waals surface area contributed by atoms with Gasteiger partial charge in [-0.3, -0.25) is 4.72 Å². The number of halogens is 3. The van der Waals surface area contributed by atoms with E-state index in [9.17, 15) is 17.2 Å². The second kappa shape index (κ2) is 5.88. The summed E-state index contributed by atoms with van der Waals surface area (Å²) in [5, 5.41) is 0. The Morgan fingerprint density at radius 3 is 2.30 bits per heavy atom. The Labute approximate surface area is 123 Å². The predicted molar refractivity (Wildman–Crippen MR) is 76.7 cm³/mol. The lowest BCUT2D eigenvalue weighted by Crippen LogP contribution is -2.16. The van der Waals surface area contributed by atoms with Crippen LogP contribution in [0.5, 0.6) is 0 Å². The first kappa shape index (κ1) is 14.9. The maximum absolute atomic E-state index is 13.6. The van der Waals surface area contributed by atoms with Gasteiger partial charge in [0.1, 0.15) is 0 Å². The van der Waals surface area contributed by atoms with Gasteiger partial charge < -0.3 is 0 Å². The van der Waals surface area contributed by atoms with Crippen LogP contribution in [0.4, 0.5) is 14.5 Å². The van der Waals surface area contributed by atoms with Crippen LogP contribution >= 0.6 is 15.9 Å². The van der Waals surface area contributed by atoms with Gasteiger partial charge in [0.2, 0.25) is 10.0 Å². The molecule has 2 rings (SSSR count). The van der Waals surface area contributed by atoms with Crippen molar-refractivity contribution in [1.82, 2.24) is 0 Å². The molecule has 0 fully saturated rings. The summed E-state index contributed by atoms with van der Waals surface area (Å²) in [6, 6.07) is 10.8. The topological polar surface area (TPSA) is 46.2 Å². The van der Waals surface area contributed by atoms with Crippen LogP contribution in [0.2, 0.25) is 0 Å². The summed E-state index contributed by atoms with van der Waals surface area (Å²) >= 11 is 2.82. The fraction of sp³-hybridized carbons (Fsp3) is 0.0769. The van der Waals surface area contributed by atoms with Crippen LogP contribution in [-0.2, 0) is 15.8 Å². The normalized spacial score (nSPS) is 11.3. The molecule has 0 saturated heterocycles. The molecule has 0 bridgehead atoms. The fourth-order valence-corrected chi connectivity index (χ4v) is 3.10. The number of hydrogen-bond donors (Lipinski definition) is 1. The van der Waals surface area contributed by atoms with Gasteiger partial charge in [-0.05, 0) is 33.6 Å². The van der Waals surface area contributed by atoms with Crippen LogP contribution in [0, 0.1) is 11.6 Å². The zero-order chi connectivity index (χ0) is 14.8. The Morgan fingerprint density at radius 2 is 1.65 bits per heavy atom. The molecule has 0 aliphatic heterocycles. The summed E-state index contributed by atoms with van der Waals surface area (Å²) < 4.78 is 52.7. The van der Waals surface area contributed by atoms with Crippen LogP contribution in [0.15, 0.2) is 46.9 Å². The van der Waals surface area contributed by atoms with E-state index in [4.69, 9.17) is 0 Å². The third-order valence-electron chi connectivity index (χ3n) is 2.50. The minimum atomic E-state index is -3.81. The van der Waals surface area contributed by atoms with E-state index in [1.807, 2.05) is 4.72 Å². The third-order valence-corrected chi connectivity index (χ3v) is 4.36. The molecular weight excluding hydrogens is 352 g/mol. The molecular formula is C13H10BrF2NO2S. The Balaban J connectivity index is 2.23. The molecule has 106 valence electrons. The van der Waals surface area contributed by atoms with Crippen LogP contribution in [0.25, 0.3) is 0 Å². The van der Waals surface area contributed by atoms with E-state index < -0.39 is 27.3 Å². The molecule has 2 aromatic rings. The first-order valence-corrected chi connectivity index (χ1v) is 8.01. The maximum atomic E-state index is 13.6. The summed E-state index contributed by atoms with van der Waals surface area (Å²) in [5.41, 5.74) is 0.139. The van der Waals surface area contributed by atoms with Crippen molar-refractivity contribution in [2.24, 2.45) is 0 Å². The summed E-state index contributed by atoms with van der Waals surface area (Å²) in [7, 11) is -3.81. The molecule has 7 heteroatoms. The first-order valence-electron chi connectivity index (χ1n) is 5.57. The van der Waals surface area contributed by atoms with E-state index in [1.165, 1.54) is 6.07 Å². The first-order chi connectivity index (χ1) is 9.39. The SMILES string of the molecule is O=S(=O)(Cc1ccccc1)Nc1ccc(Br)c(F)c1F. The number of nitrogens with one attached hydrogen (secondary N) is 1.